The highest BCUT2D eigenvalue weighted by Crippen LogP contribution is 2.33. The predicted molar refractivity (Wildman–Crippen MR) is 86.5 cm³/mol. The Hall–Kier alpha value is -1.55. The van der Waals surface area contributed by atoms with Crippen molar-refractivity contribution in [3.05, 3.63) is 24.4 Å². The normalized spacial score (nSPS) is 29.8. The van der Waals surface area contributed by atoms with E-state index < -0.39 is 0 Å². The lowest BCUT2D eigenvalue weighted by atomic mass is 9.79. The number of anilines is 1. The molecule has 4 nitrogen and oxygen atoms in total. The lowest BCUT2D eigenvalue weighted by molar-refractivity contribution is 0.263. The van der Waals surface area contributed by atoms with Crippen LogP contribution in [0.15, 0.2) is 24.4 Å². The second-order valence-corrected chi connectivity index (χ2v) is 6.54. The first-order chi connectivity index (χ1) is 10.4. The van der Waals surface area contributed by atoms with E-state index >= 15 is 0 Å². The van der Waals surface area contributed by atoms with Crippen LogP contribution in [0.25, 0.3) is 10.9 Å². The Balaban J connectivity index is 1.57. The number of hydrogen-bond acceptors (Lipinski definition) is 3. The summed E-state index contributed by atoms with van der Waals surface area (Å²) >= 11 is 0. The van der Waals surface area contributed by atoms with Crippen LogP contribution in [-0.2, 0) is 0 Å². The van der Waals surface area contributed by atoms with Gasteiger partial charge in [0.15, 0.2) is 0 Å². The average molecular weight is 284 g/mol. The molecule has 1 aliphatic carbocycles. The van der Waals surface area contributed by atoms with Gasteiger partial charge in [0.1, 0.15) is 0 Å². The molecule has 1 saturated carbocycles. The molecule has 3 unspecified atom stereocenters. The van der Waals surface area contributed by atoms with Gasteiger partial charge in [0, 0.05) is 17.5 Å². The van der Waals surface area contributed by atoms with Crippen molar-refractivity contribution in [2.45, 2.75) is 50.6 Å². The Morgan fingerprint density at radius 3 is 2.95 bits per heavy atom. The Morgan fingerprint density at radius 2 is 2.05 bits per heavy atom. The summed E-state index contributed by atoms with van der Waals surface area (Å²) in [7, 11) is 0. The number of para-hydroxylation sites is 1. The zero-order chi connectivity index (χ0) is 14.1. The molecular formula is C17H24N4. The minimum absolute atomic E-state index is 0.586. The number of fused-ring (bicyclic) bond motifs is 1. The average Bonchev–Trinajstić information content (AvgIpc) is 3.20. The molecule has 1 aromatic carbocycles. The molecule has 112 valence electrons. The third-order valence-electron chi connectivity index (χ3n) is 5.25. The quantitative estimate of drug-likeness (QED) is 0.810. The summed E-state index contributed by atoms with van der Waals surface area (Å²) in [6, 6.07) is 7.70. The number of benzene rings is 1. The predicted octanol–water partition coefficient (Wildman–Crippen LogP) is 3.29. The van der Waals surface area contributed by atoms with Crippen LogP contribution in [0.2, 0.25) is 0 Å². The fourth-order valence-electron chi connectivity index (χ4n) is 4.19. The third kappa shape index (κ3) is 2.53. The Morgan fingerprint density at radius 1 is 1.10 bits per heavy atom. The second-order valence-electron chi connectivity index (χ2n) is 6.54. The second kappa shape index (κ2) is 5.68. The Bertz CT molecular complexity index is 600. The van der Waals surface area contributed by atoms with E-state index in [-0.39, 0.29) is 0 Å². The van der Waals surface area contributed by atoms with Crippen molar-refractivity contribution in [3.63, 3.8) is 0 Å². The largest absolute Gasteiger partial charge is 0.380 e. The highest BCUT2D eigenvalue weighted by Gasteiger charge is 2.33. The molecule has 0 radical (unpaired) electrons. The molecule has 3 N–H and O–H groups in total. The van der Waals surface area contributed by atoms with Crippen LogP contribution in [-0.4, -0.2) is 28.8 Å². The van der Waals surface area contributed by atoms with Crippen LogP contribution in [0.5, 0.6) is 0 Å². The lowest BCUT2D eigenvalue weighted by Crippen LogP contribution is -2.43. The molecule has 2 fully saturated rings. The van der Waals surface area contributed by atoms with E-state index in [0.29, 0.717) is 12.1 Å². The summed E-state index contributed by atoms with van der Waals surface area (Å²) in [5.74, 6) is 0.763. The molecule has 2 heterocycles. The van der Waals surface area contributed by atoms with E-state index in [2.05, 4.69) is 39.0 Å². The summed E-state index contributed by atoms with van der Waals surface area (Å²) < 4.78 is 0. The smallest absolute Gasteiger partial charge is 0.0881 e. The molecule has 4 heteroatoms. The maximum atomic E-state index is 4.17. The number of nitrogens with zero attached hydrogens (tertiary/aromatic N) is 1. The standard InChI is InChI=1S/C17H24N4/c1-2-7-15(13(6-1)14-9-4-10-18-14)20-16-8-3-5-12-11-19-21-17(12)16/h3,5,8,11,13-15,18,20H,1-2,4,6-7,9-10H2,(H,19,21). The number of hydrogen-bond donors (Lipinski definition) is 3. The van der Waals surface area contributed by atoms with E-state index in [9.17, 15) is 0 Å². The number of aromatic nitrogens is 2. The summed E-state index contributed by atoms with van der Waals surface area (Å²) in [6.45, 7) is 1.20. The van der Waals surface area contributed by atoms with Gasteiger partial charge in [-0.15, -0.1) is 0 Å². The van der Waals surface area contributed by atoms with E-state index in [4.69, 9.17) is 0 Å². The maximum Gasteiger partial charge on any atom is 0.0881 e. The molecule has 1 aromatic heterocycles. The van der Waals surface area contributed by atoms with Gasteiger partial charge in [-0.1, -0.05) is 25.0 Å². The van der Waals surface area contributed by atoms with Gasteiger partial charge >= 0.3 is 0 Å². The van der Waals surface area contributed by atoms with Crippen LogP contribution in [0, 0.1) is 5.92 Å². The summed E-state index contributed by atoms with van der Waals surface area (Å²) in [6.07, 6.45) is 9.95. The number of nitrogens with one attached hydrogen (secondary N) is 3. The van der Waals surface area contributed by atoms with Crippen molar-refractivity contribution in [1.29, 1.82) is 0 Å². The molecule has 4 rings (SSSR count). The summed E-state index contributed by atoms with van der Waals surface area (Å²) in [4.78, 5) is 0. The molecule has 2 aromatic rings. The minimum Gasteiger partial charge on any atom is -0.380 e. The van der Waals surface area contributed by atoms with Crippen LogP contribution >= 0.6 is 0 Å². The van der Waals surface area contributed by atoms with Crippen molar-refractivity contribution in [2.75, 3.05) is 11.9 Å². The zero-order valence-electron chi connectivity index (χ0n) is 12.4. The van der Waals surface area contributed by atoms with Gasteiger partial charge in [-0.2, -0.15) is 5.10 Å². The first-order valence-corrected chi connectivity index (χ1v) is 8.34. The monoisotopic (exact) mass is 284 g/mol. The van der Waals surface area contributed by atoms with Crippen molar-refractivity contribution in [3.8, 4) is 0 Å². The molecule has 3 atom stereocenters. The third-order valence-corrected chi connectivity index (χ3v) is 5.25. The SMILES string of the molecule is c1cc(NC2CCCCC2C2CCCN2)c2[nH]ncc2c1. The summed E-state index contributed by atoms with van der Waals surface area (Å²) in [5.41, 5.74) is 2.35. The molecule has 0 spiro atoms. The van der Waals surface area contributed by atoms with Crippen LogP contribution in [0.3, 0.4) is 0 Å². The lowest BCUT2D eigenvalue weighted by Gasteiger charge is -2.37. The fraction of sp³-hybridized carbons (Fsp3) is 0.588. The number of rotatable bonds is 3. The van der Waals surface area contributed by atoms with E-state index in [0.717, 1.165) is 11.4 Å². The van der Waals surface area contributed by atoms with Crippen molar-refractivity contribution >= 4 is 16.6 Å². The molecule has 1 aliphatic heterocycles. The minimum atomic E-state index is 0.586. The molecular weight excluding hydrogens is 260 g/mol. The molecule has 0 amide bonds. The maximum absolute atomic E-state index is 4.17. The Labute approximate surface area is 125 Å². The highest BCUT2D eigenvalue weighted by atomic mass is 15.1. The van der Waals surface area contributed by atoms with Gasteiger partial charge in [0.05, 0.1) is 17.4 Å². The van der Waals surface area contributed by atoms with Crippen molar-refractivity contribution in [2.24, 2.45) is 5.92 Å². The van der Waals surface area contributed by atoms with Gasteiger partial charge in [-0.25, -0.2) is 0 Å². The van der Waals surface area contributed by atoms with Gasteiger partial charge in [-0.3, -0.25) is 5.10 Å². The van der Waals surface area contributed by atoms with Crippen LogP contribution in [0.4, 0.5) is 5.69 Å². The van der Waals surface area contributed by atoms with Gasteiger partial charge in [0.25, 0.3) is 0 Å². The summed E-state index contributed by atoms with van der Waals surface area (Å²) in [5, 5.41) is 16.0. The molecule has 21 heavy (non-hydrogen) atoms. The molecule has 1 saturated heterocycles. The molecule has 2 aliphatic rings. The van der Waals surface area contributed by atoms with Crippen LogP contribution in [0.1, 0.15) is 38.5 Å². The topological polar surface area (TPSA) is 52.7 Å². The van der Waals surface area contributed by atoms with E-state index in [1.165, 1.54) is 56.1 Å². The first kappa shape index (κ1) is 13.1. The number of aromatic amines is 1. The van der Waals surface area contributed by atoms with Crippen LogP contribution < -0.4 is 10.6 Å². The Kier molecular flexibility index (Phi) is 3.55. The van der Waals surface area contributed by atoms with E-state index in [1.54, 1.807) is 0 Å². The first-order valence-electron chi connectivity index (χ1n) is 8.34. The zero-order valence-corrected chi connectivity index (χ0v) is 12.4. The van der Waals surface area contributed by atoms with Gasteiger partial charge < -0.3 is 10.6 Å². The molecule has 0 bridgehead atoms. The fourth-order valence-corrected chi connectivity index (χ4v) is 4.19. The van der Waals surface area contributed by atoms with Crippen molar-refractivity contribution < 1.29 is 0 Å². The van der Waals surface area contributed by atoms with Gasteiger partial charge in [0.2, 0.25) is 0 Å². The van der Waals surface area contributed by atoms with Crippen molar-refractivity contribution in [1.82, 2.24) is 15.5 Å². The number of H-pyrrole nitrogens is 1. The van der Waals surface area contributed by atoms with E-state index in [1.807, 2.05) is 6.20 Å². The van der Waals surface area contributed by atoms with Gasteiger partial charge in [-0.05, 0) is 44.2 Å². The highest BCUT2D eigenvalue weighted by molar-refractivity contribution is 5.90.